The molecule has 0 spiro atoms. The lowest BCUT2D eigenvalue weighted by molar-refractivity contribution is 0.0741. The van der Waals surface area contributed by atoms with E-state index in [2.05, 4.69) is 11.8 Å². The molecule has 4 heteroatoms. The number of amides is 1. The number of carbonyl (C=O) groups is 1. The summed E-state index contributed by atoms with van der Waals surface area (Å²) in [6, 6.07) is 4.37. The van der Waals surface area contributed by atoms with E-state index < -0.39 is 5.82 Å². The summed E-state index contributed by atoms with van der Waals surface area (Å²) in [5, 5.41) is 8.65. The van der Waals surface area contributed by atoms with Crippen LogP contribution in [0.3, 0.4) is 0 Å². The molecule has 0 unspecified atom stereocenters. The van der Waals surface area contributed by atoms with Gasteiger partial charge >= 0.3 is 0 Å². The number of rotatable bonds is 5. The summed E-state index contributed by atoms with van der Waals surface area (Å²) >= 11 is 0. The smallest absolute Gasteiger partial charge is 0.256 e. The first kappa shape index (κ1) is 17.2. The Morgan fingerprint density at radius 2 is 2.14 bits per heavy atom. The molecule has 1 aromatic carbocycles. The van der Waals surface area contributed by atoms with Crippen molar-refractivity contribution in [2.24, 2.45) is 5.92 Å². The highest BCUT2D eigenvalue weighted by atomic mass is 19.1. The third-order valence-electron chi connectivity index (χ3n) is 2.92. The van der Waals surface area contributed by atoms with Gasteiger partial charge in [-0.25, -0.2) is 4.39 Å². The van der Waals surface area contributed by atoms with E-state index in [4.69, 9.17) is 5.11 Å². The Labute approximate surface area is 125 Å². The minimum Gasteiger partial charge on any atom is -0.395 e. The van der Waals surface area contributed by atoms with Gasteiger partial charge in [0.2, 0.25) is 0 Å². The number of nitrogens with zero attached hydrogens (tertiary/aromatic N) is 1. The van der Waals surface area contributed by atoms with Crippen LogP contribution in [-0.4, -0.2) is 35.6 Å². The van der Waals surface area contributed by atoms with Crippen molar-refractivity contribution in [3.8, 4) is 11.8 Å². The molecule has 1 aromatic rings. The lowest BCUT2D eigenvalue weighted by Gasteiger charge is -2.23. The minimum atomic E-state index is -0.557. The van der Waals surface area contributed by atoms with Crippen molar-refractivity contribution in [3.05, 3.63) is 35.1 Å². The van der Waals surface area contributed by atoms with Gasteiger partial charge in [0, 0.05) is 25.1 Å². The number of halogens is 1. The monoisotopic (exact) mass is 291 g/mol. The molecule has 21 heavy (non-hydrogen) atoms. The van der Waals surface area contributed by atoms with Crippen LogP contribution in [0.2, 0.25) is 0 Å². The van der Waals surface area contributed by atoms with E-state index in [1.54, 1.807) is 11.0 Å². The van der Waals surface area contributed by atoms with Crippen LogP contribution in [0.5, 0.6) is 0 Å². The second kappa shape index (κ2) is 8.43. The van der Waals surface area contributed by atoms with Crippen LogP contribution in [0.4, 0.5) is 4.39 Å². The molecule has 0 aromatic heterocycles. The van der Waals surface area contributed by atoms with E-state index in [0.717, 1.165) is 0 Å². The standard InChI is InChI=1S/C17H22FNO2/c1-4-19(12-13(2)3)17(21)15-9-8-14(11-16(15)18)7-5-6-10-20/h8-9,11,13,20H,4,6,10,12H2,1-3H3. The second-order valence-electron chi connectivity index (χ2n) is 5.21. The predicted molar refractivity (Wildman–Crippen MR) is 81.4 cm³/mol. The van der Waals surface area contributed by atoms with Gasteiger partial charge < -0.3 is 10.0 Å². The zero-order chi connectivity index (χ0) is 15.8. The summed E-state index contributed by atoms with van der Waals surface area (Å²) in [7, 11) is 0. The number of carbonyl (C=O) groups excluding carboxylic acids is 1. The molecule has 0 bridgehead atoms. The molecule has 0 saturated carbocycles. The molecule has 0 aliphatic carbocycles. The third kappa shape index (κ3) is 5.20. The summed E-state index contributed by atoms with van der Waals surface area (Å²) in [4.78, 5) is 14.0. The second-order valence-corrected chi connectivity index (χ2v) is 5.21. The van der Waals surface area contributed by atoms with Crippen molar-refractivity contribution in [3.63, 3.8) is 0 Å². The van der Waals surface area contributed by atoms with Crippen LogP contribution < -0.4 is 0 Å². The minimum absolute atomic E-state index is 0.0211. The number of hydrogen-bond donors (Lipinski definition) is 1. The zero-order valence-corrected chi connectivity index (χ0v) is 12.8. The Balaban J connectivity index is 2.93. The maximum Gasteiger partial charge on any atom is 0.256 e. The average Bonchev–Trinajstić information content (AvgIpc) is 2.44. The van der Waals surface area contributed by atoms with Crippen LogP contribution in [-0.2, 0) is 0 Å². The van der Waals surface area contributed by atoms with Crippen LogP contribution in [0.25, 0.3) is 0 Å². The largest absolute Gasteiger partial charge is 0.395 e. The number of hydrogen-bond acceptors (Lipinski definition) is 2. The number of aliphatic hydroxyl groups is 1. The zero-order valence-electron chi connectivity index (χ0n) is 12.8. The first-order chi connectivity index (χ1) is 9.99. The lowest BCUT2D eigenvalue weighted by Crippen LogP contribution is -2.34. The van der Waals surface area contributed by atoms with Gasteiger partial charge in [-0.15, -0.1) is 0 Å². The van der Waals surface area contributed by atoms with Crippen molar-refractivity contribution >= 4 is 5.91 Å². The van der Waals surface area contributed by atoms with Crippen LogP contribution >= 0.6 is 0 Å². The van der Waals surface area contributed by atoms with Gasteiger partial charge in [0.05, 0.1) is 12.2 Å². The molecule has 0 radical (unpaired) electrons. The predicted octanol–water partition coefficient (Wildman–Crippen LogP) is 2.68. The Morgan fingerprint density at radius 1 is 1.43 bits per heavy atom. The molecule has 0 heterocycles. The van der Waals surface area contributed by atoms with Crippen LogP contribution in [0, 0.1) is 23.6 Å². The molecule has 0 aliphatic heterocycles. The summed E-state index contributed by atoms with van der Waals surface area (Å²) in [6.07, 6.45) is 0.348. The van der Waals surface area contributed by atoms with Crippen molar-refractivity contribution in [1.82, 2.24) is 4.90 Å². The molecule has 3 nitrogen and oxygen atoms in total. The van der Waals surface area contributed by atoms with E-state index in [1.807, 2.05) is 20.8 Å². The highest BCUT2D eigenvalue weighted by Gasteiger charge is 2.18. The molecule has 0 aliphatic rings. The van der Waals surface area contributed by atoms with Crippen LogP contribution in [0.15, 0.2) is 18.2 Å². The van der Waals surface area contributed by atoms with Gasteiger partial charge in [-0.05, 0) is 31.0 Å². The van der Waals surface area contributed by atoms with Crippen LogP contribution in [0.1, 0.15) is 43.1 Å². The van der Waals surface area contributed by atoms with Gasteiger partial charge in [0.25, 0.3) is 5.91 Å². The first-order valence-corrected chi connectivity index (χ1v) is 7.18. The van der Waals surface area contributed by atoms with Gasteiger partial charge in [0.15, 0.2) is 0 Å². The fourth-order valence-corrected chi connectivity index (χ4v) is 1.95. The van der Waals surface area contributed by atoms with E-state index in [1.165, 1.54) is 12.1 Å². The van der Waals surface area contributed by atoms with Crippen molar-refractivity contribution in [1.29, 1.82) is 0 Å². The molecule has 0 saturated heterocycles. The maximum absolute atomic E-state index is 14.1. The molecule has 1 amide bonds. The van der Waals surface area contributed by atoms with Crippen molar-refractivity contribution in [2.45, 2.75) is 27.2 Å². The fraction of sp³-hybridized carbons (Fsp3) is 0.471. The topological polar surface area (TPSA) is 40.5 Å². The Hall–Kier alpha value is -1.86. The molecule has 0 fully saturated rings. The Bertz CT molecular complexity index is 543. The fourth-order valence-electron chi connectivity index (χ4n) is 1.95. The molecular weight excluding hydrogens is 269 g/mol. The van der Waals surface area contributed by atoms with E-state index in [0.29, 0.717) is 31.0 Å². The van der Waals surface area contributed by atoms with Crippen molar-refractivity contribution in [2.75, 3.05) is 19.7 Å². The number of benzene rings is 1. The van der Waals surface area contributed by atoms with E-state index in [-0.39, 0.29) is 18.1 Å². The normalized spacial score (nSPS) is 10.2. The molecular formula is C17H22FNO2. The molecule has 1 rings (SSSR count). The van der Waals surface area contributed by atoms with Gasteiger partial charge in [-0.1, -0.05) is 25.7 Å². The van der Waals surface area contributed by atoms with E-state index in [9.17, 15) is 9.18 Å². The third-order valence-corrected chi connectivity index (χ3v) is 2.92. The van der Waals surface area contributed by atoms with Gasteiger partial charge in [-0.2, -0.15) is 0 Å². The Kier molecular flexibility index (Phi) is 6.90. The maximum atomic E-state index is 14.1. The summed E-state index contributed by atoms with van der Waals surface area (Å²) in [6.45, 7) is 7.05. The lowest BCUT2D eigenvalue weighted by atomic mass is 10.1. The summed E-state index contributed by atoms with van der Waals surface area (Å²) in [5.74, 6) is 4.96. The Morgan fingerprint density at radius 3 is 2.67 bits per heavy atom. The molecule has 0 atom stereocenters. The number of aliphatic hydroxyl groups excluding tert-OH is 1. The summed E-state index contributed by atoms with van der Waals surface area (Å²) in [5.41, 5.74) is 0.578. The SMILES string of the molecule is CCN(CC(C)C)C(=O)c1ccc(C#CCCO)cc1F. The summed E-state index contributed by atoms with van der Waals surface area (Å²) < 4.78 is 14.1. The van der Waals surface area contributed by atoms with Crippen molar-refractivity contribution < 1.29 is 14.3 Å². The molecule has 114 valence electrons. The average molecular weight is 291 g/mol. The van der Waals surface area contributed by atoms with Gasteiger partial charge in [-0.3, -0.25) is 4.79 Å². The van der Waals surface area contributed by atoms with E-state index >= 15 is 0 Å². The van der Waals surface area contributed by atoms with Gasteiger partial charge in [0.1, 0.15) is 5.82 Å². The highest BCUT2D eigenvalue weighted by Crippen LogP contribution is 2.14. The quantitative estimate of drug-likeness (QED) is 0.847. The molecule has 1 N–H and O–H groups in total. The highest BCUT2D eigenvalue weighted by molar-refractivity contribution is 5.94. The first-order valence-electron chi connectivity index (χ1n) is 7.18.